The largest absolute Gasteiger partial charge is 0.374 e. The average molecular weight is 510 g/mol. The minimum Gasteiger partial charge on any atom is -0.374 e. The molecule has 1 unspecified atom stereocenters. The van der Waals surface area contributed by atoms with Crippen LogP contribution >= 0.6 is 24.0 Å². The molecule has 2 N–H and O–H groups in total. The van der Waals surface area contributed by atoms with Crippen molar-refractivity contribution in [3.05, 3.63) is 46.3 Å². The molecular weight excluding hydrogens is 475 g/mol. The van der Waals surface area contributed by atoms with E-state index in [4.69, 9.17) is 0 Å². The summed E-state index contributed by atoms with van der Waals surface area (Å²) < 4.78 is 1.96. The first-order valence-corrected chi connectivity index (χ1v) is 10.2. The second-order valence-corrected chi connectivity index (χ2v) is 7.94. The van der Waals surface area contributed by atoms with Crippen LogP contribution in [0.4, 0.5) is 5.69 Å². The Bertz CT molecular complexity index is 857. The zero-order chi connectivity index (χ0) is 20.3. The Hall–Kier alpha value is -1.77. The maximum Gasteiger partial charge on any atom is 0.191 e. The molecule has 6 nitrogen and oxygen atoms in total. The second kappa shape index (κ2) is 10.3. The number of guanidine groups is 1. The molecule has 0 radical (unpaired) electrons. The van der Waals surface area contributed by atoms with Crippen LogP contribution < -0.4 is 15.5 Å². The number of aliphatic imine (C=N–C) groups is 1. The zero-order valence-electron chi connectivity index (χ0n) is 18.5. The van der Waals surface area contributed by atoms with E-state index in [1.165, 1.54) is 40.9 Å². The first kappa shape index (κ1) is 23.5. The molecular formula is C22H35IN6. The van der Waals surface area contributed by atoms with Gasteiger partial charge in [-0.15, -0.1) is 24.0 Å². The maximum absolute atomic E-state index is 4.52. The predicted molar refractivity (Wildman–Crippen MR) is 133 cm³/mol. The number of fused-ring (bicyclic) bond motifs is 1. The Morgan fingerprint density at radius 3 is 2.69 bits per heavy atom. The summed E-state index contributed by atoms with van der Waals surface area (Å²) >= 11 is 0. The summed E-state index contributed by atoms with van der Waals surface area (Å²) in [6, 6.07) is 7.06. The number of nitrogens with zero attached hydrogens (tertiary/aromatic N) is 4. The standard InChI is InChI=1S/C22H34N6.HI/c1-15(12-20-16(2)26-28(6)17(20)3)25-22(23-4)24-14-18-9-10-21-19(13-18)8-7-11-27(21)5;/h9-10,13,15H,7-8,11-12,14H2,1-6H3,(H2,23,24,25);1H. The van der Waals surface area contributed by atoms with E-state index < -0.39 is 0 Å². The third-order valence-electron chi connectivity index (χ3n) is 5.73. The van der Waals surface area contributed by atoms with Gasteiger partial charge in [0, 0.05) is 51.7 Å². The van der Waals surface area contributed by atoms with Crippen molar-refractivity contribution in [3.8, 4) is 0 Å². The number of nitrogens with one attached hydrogen (secondary N) is 2. The minimum absolute atomic E-state index is 0. The Balaban J connectivity index is 0.00000300. The van der Waals surface area contributed by atoms with Crippen molar-refractivity contribution < 1.29 is 0 Å². The molecule has 7 heteroatoms. The van der Waals surface area contributed by atoms with E-state index in [2.05, 4.69) is 71.6 Å². The maximum atomic E-state index is 4.52. The van der Waals surface area contributed by atoms with Gasteiger partial charge in [0.05, 0.1) is 5.69 Å². The van der Waals surface area contributed by atoms with E-state index in [0.717, 1.165) is 31.2 Å². The monoisotopic (exact) mass is 510 g/mol. The second-order valence-electron chi connectivity index (χ2n) is 7.94. The molecule has 0 spiro atoms. The first-order valence-electron chi connectivity index (χ1n) is 10.2. The fourth-order valence-electron chi connectivity index (χ4n) is 4.03. The van der Waals surface area contributed by atoms with Crippen molar-refractivity contribution in [1.82, 2.24) is 20.4 Å². The molecule has 1 aromatic carbocycles. The summed E-state index contributed by atoms with van der Waals surface area (Å²) in [6.07, 6.45) is 3.33. The molecule has 0 amide bonds. The minimum atomic E-state index is 0. The molecule has 0 fully saturated rings. The summed E-state index contributed by atoms with van der Waals surface area (Å²) in [5.41, 5.74) is 7.77. The summed E-state index contributed by atoms with van der Waals surface area (Å²) in [4.78, 5) is 6.75. The number of halogens is 1. The smallest absolute Gasteiger partial charge is 0.191 e. The van der Waals surface area contributed by atoms with E-state index in [-0.39, 0.29) is 30.0 Å². The molecule has 1 aliphatic rings. The van der Waals surface area contributed by atoms with Crippen LogP contribution in [0.15, 0.2) is 23.2 Å². The van der Waals surface area contributed by atoms with Crippen molar-refractivity contribution in [2.24, 2.45) is 12.0 Å². The van der Waals surface area contributed by atoms with Crippen LogP contribution in [0.1, 0.15) is 41.4 Å². The quantitative estimate of drug-likeness (QED) is 0.368. The van der Waals surface area contributed by atoms with Crippen LogP contribution in [0, 0.1) is 13.8 Å². The van der Waals surface area contributed by atoms with E-state index in [0.29, 0.717) is 0 Å². The molecule has 0 aliphatic carbocycles. The molecule has 3 rings (SSSR count). The van der Waals surface area contributed by atoms with Crippen molar-refractivity contribution >= 4 is 35.6 Å². The van der Waals surface area contributed by atoms with Gasteiger partial charge in [0.1, 0.15) is 0 Å². The highest BCUT2D eigenvalue weighted by molar-refractivity contribution is 14.0. The van der Waals surface area contributed by atoms with Gasteiger partial charge in [0.15, 0.2) is 5.96 Å². The SMILES string of the molecule is CN=C(NCc1ccc2c(c1)CCCN2C)NC(C)Cc1c(C)nn(C)c1C.I. The Morgan fingerprint density at radius 2 is 2.03 bits per heavy atom. The summed E-state index contributed by atoms with van der Waals surface area (Å²) in [7, 11) is 6.00. The Labute approximate surface area is 192 Å². The molecule has 2 aromatic rings. The lowest BCUT2D eigenvalue weighted by Gasteiger charge is -2.28. The number of aryl methyl sites for hydroxylation is 3. The van der Waals surface area contributed by atoms with Crippen molar-refractivity contribution in [1.29, 1.82) is 0 Å². The van der Waals surface area contributed by atoms with Gasteiger partial charge in [-0.3, -0.25) is 9.67 Å². The van der Waals surface area contributed by atoms with Crippen molar-refractivity contribution in [3.63, 3.8) is 0 Å². The van der Waals surface area contributed by atoms with Gasteiger partial charge in [-0.25, -0.2) is 0 Å². The van der Waals surface area contributed by atoms with Crippen LogP contribution in [0.2, 0.25) is 0 Å². The van der Waals surface area contributed by atoms with Crippen LogP contribution in [-0.2, 0) is 26.4 Å². The van der Waals surface area contributed by atoms with Gasteiger partial charge < -0.3 is 15.5 Å². The highest BCUT2D eigenvalue weighted by Crippen LogP contribution is 2.26. The molecule has 1 atom stereocenters. The normalized spacial score (nSPS) is 14.8. The van der Waals surface area contributed by atoms with E-state index in [1.807, 2.05) is 18.8 Å². The fraction of sp³-hybridized carbons (Fsp3) is 0.545. The van der Waals surface area contributed by atoms with Crippen LogP contribution in [0.25, 0.3) is 0 Å². The van der Waals surface area contributed by atoms with E-state index in [9.17, 15) is 0 Å². The molecule has 0 bridgehead atoms. The highest BCUT2D eigenvalue weighted by Gasteiger charge is 2.15. The number of anilines is 1. The van der Waals surface area contributed by atoms with Gasteiger partial charge >= 0.3 is 0 Å². The summed E-state index contributed by atoms with van der Waals surface area (Å²) in [5, 5.41) is 11.5. The van der Waals surface area contributed by atoms with Crippen LogP contribution in [0.3, 0.4) is 0 Å². The average Bonchev–Trinajstić information content (AvgIpc) is 2.91. The zero-order valence-corrected chi connectivity index (χ0v) is 20.9. The van der Waals surface area contributed by atoms with Gasteiger partial charge in [-0.2, -0.15) is 5.10 Å². The third kappa shape index (κ3) is 5.65. The molecule has 2 heterocycles. The number of aromatic nitrogens is 2. The Morgan fingerprint density at radius 1 is 1.28 bits per heavy atom. The number of rotatable bonds is 5. The highest BCUT2D eigenvalue weighted by atomic mass is 127. The lowest BCUT2D eigenvalue weighted by atomic mass is 9.99. The summed E-state index contributed by atoms with van der Waals surface area (Å²) in [6.45, 7) is 8.31. The number of hydrogen-bond acceptors (Lipinski definition) is 3. The molecule has 1 aromatic heterocycles. The van der Waals surface area contributed by atoms with Gasteiger partial charge in [0.25, 0.3) is 0 Å². The number of hydrogen-bond donors (Lipinski definition) is 2. The van der Waals surface area contributed by atoms with Crippen molar-refractivity contribution in [2.75, 3.05) is 25.5 Å². The number of benzene rings is 1. The topological polar surface area (TPSA) is 57.5 Å². The van der Waals surface area contributed by atoms with Gasteiger partial charge in [-0.05, 0) is 62.8 Å². The van der Waals surface area contributed by atoms with Crippen LogP contribution in [0.5, 0.6) is 0 Å². The molecule has 0 saturated heterocycles. The van der Waals surface area contributed by atoms with E-state index >= 15 is 0 Å². The first-order chi connectivity index (χ1) is 13.4. The molecule has 1 aliphatic heterocycles. The predicted octanol–water partition coefficient (Wildman–Crippen LogP) is 3.33. The van der Waals surface area contributed by atoms with Gasteiger partial charge in [-0.1, -0.05) is 12.1 Å². The van der Waals surface area contributed by atoms with Crippen molar-refractivity contribution in [2.45, 2.75) is 52.6 Å². The van der Waals surface area contributed by atoms with Gasteiger partial charge in [0.2, 0.25) is 0 Å². The lowest BCUT2D eigenvalue weighted by Crippen LogP contribution is -2.42. The Kier molecular flexibility index (Phi) is 8.36. The molecule has 160 valence electrons. The third-order valence-corrected chi connectivity index (χ3v) is 5.73. The summed E-state index contributed by atoms with van der Waals surface area (Å²) in [5.74, 6) is 0.835. The molecule has 0 saturated carbocycles. The van der Waals surface area contributed by atoms with E-state index in [1.54, 1.807) is 0 Å². The van der Waals surface area contributed by atoms with Crippen LogP contribution in [-0.4, -0.2) is 42.4 Å². The molecule has 29 heavy (non-hydrogen) atoms. The fourth-order valence-corrected chi connectivity index (χ4v) is 4.03. The lowest BCUT2D eigenvalue weighted by molar-refractivity contribution is 0.635.